The molecule has 3 rings (SSSR count). The second-order valence-electron chi connectivity index (χ2n) is 7.43. The van der Waals surface area contributed by atoms with E-state index in [0.29, 0.717) is 26.2 Å². The quantitative estimate of drug-likeness (QED) is 0.680. The number of rotatable bonds is 9. The molecule has 6 heteroatoms. The Morgan fingerprint density at radius 2 is 1.63 bits per heavy atom. The van der Waals surface area contributed by atoms with Crippen molar-refractivity contribution in [1.82, 2.24) is 15.1 Å². The van der Waals surface area contributed by atoms with Gasteiger partial charge in [0.15, 0.2) is 17.6 Å². The summed E-state index contributed by atoms with van der Waals surface area (Å²) in [7, 11) is 0. The first-order valence-corrected chi connectivity index (χ1v) is 10.8. The third-order valence-corrected chi connectivity index (χ3v) is 5.50. The van der Waals surface area contributed by atoms with E-state index in [1.807, 2.05) is 37.3 Å². The van der Waals surface area contributed by atoms with Crippen LogP contribution in [0.3, 0.4) is 0 Å². The van der Waals surface area contributed by atoms with Gasteiger partial charge < -0.3 is 19.7 Å². The minimum Gasteiger partial charge on any atom is -0.486 e. The lowest BCUT2D eigenvalue weighted by Crippen LogP contribution is -2.47. The zero-order valence-corrected chi connectivity index (χ0v) is 18.3. The minimum absolute atomic E-state index is 0.0856. The van der Waals surface area contributed by atoms with Crippen molar-refractivity contribution in [3.63, 3.8) is 0 Å². The van der Waals surface area contributed by atoms with Crippen LogP contribution < -0.4 is 14.8 Å². The first kappa shape index (κ1) is 22.0. The summed E-state index contributed by atoms with van der Waals surface area (Å²) in [6.45, 7) is 11.3. The Morgan fingerprint density at radius 1 is 0.967 bits per heavy atom. The predicted octanol–water partition coefficient (Wildman–Crippen LogP) is 3.90. The normalized spacial score (nSPS) is 15.1. The first-order valence-electron chi connectivity index (χ1n) is 10.8. The van der Waals surface area contributed by atoms with Crippen molar-refractivity contribution in [1.29, 1.82) is 0 Å². The molecule has 0 saturated carbocycles. The molecule has 0 fully saturated rings. The lowest BCUT2D eigenvalue weighted by molar-refractivity contribution is 0.0675. The molecule has 1 atom stereocenters. The van der Waals surface area contributed by atoms with Crippen LogP contribution in [0.25, 0.3) is 0 Å². The standard InChI is InChI=1S/C24H33N3O3/c1-4-26(5-2)16-20-12-8-7-11-19(20)15-25-24(28)27(6-3)17-21-18-29-22-13-9-10-14-23(22)30-21/h7-14,21H,4-6,15-18H2,1-3H3,(H,25,28)/t21-/m0/s1. The Bertz CT molecular complexity index is 823. The van der Waals surface area contributed by atoms with Gasteiger partial charge in [0.2, 0.25) is 0 Å². The summed E-state index contributed by atoms with van der Waals surface area (Å²) in [5.74, 6) is 1.49. The van der Waals surface area contributed by atoms with Gasteiger partial charge >= 0.3 is 6.03 Å². The van der Waals surface area contributed by atoms with Crippen molar-refractivity contribution in [3.8, 4) is 11.5 Å². The van der Waals surface area contributed by atoms with Gasteiger partial charge in [0.05, 0.1) is 6.54 Å². The van der Waals surface area contributed by atoms with Crippen molar-refractivity contribution in [2.24, 2.45) is 0 Å². The van der Waals surface area contributed by atoms with E-state index in [9.17, 15) is 4.79 Å². The number of hydrogen-bond acceptors (Lipinski definition) is 4. The number of carbonyl (C=O) groups is 1. The molecule has 0 spiro atoms. The molecule has 0 aliphatic carbocycles. The highest BCUT2D eigenvalue weighted by Crippen LogP contribution is 2.31. The molecule has 1 heterocycles. The number of carbonyl (C=O) groups excluding carboxylic acids is 1. The van der Waals surface area contributed by atoms with E-state index < -0.39 is 0 Å². The van der Waals surface area contributed by atoms with Crippen LogP contribution in [0.15, 0.2) is 48.5 Å². The fourth-order valence-electron chi connectivity index (χ4n) is 3.61. The van der Waals surface area contributed by atoms with E-state index in [2.05, 4.69) is 42.3 Å². The van der Waals surface area contributed by atoms with E-state index in [1.54, 1.807) is 4.90 Å². The number of benzene rings is 2. The topological polar surface area (TPSA) is 54.0 Å². The fraction of sp³-hybridized carbons (Fsp3) is 0.458. The molecular formula is C24H33N3O3. The number of nitrogens with one attached hydrogen (secondary N) is 1. The number of amides is 2. The number of hydrogen-bond donors (Lipinski definition) is 1. The lowest BCUT2D eigenvalue weighted by atomic mass is 10.1. The molecule has 1 aliphatic rings. The summed E-state index contributed by atoms with van der Waals surface area (Å²) in [4.78, 5) is 17.0. The van der Waals surface area contributed by atoms with Gasteiger partial charge in [-0.1, -0.05) is 50.2 Å². The van der Waals surface area contributed by atoms with E-state index in [1.165, 1.54) is 5.56 Å². The lowest BCUT2D eigenvalue weighted by Gasteiger charge is -2.31. The van der Waals surface area contributed by atoms with Gasteiger partial charge in [0.1, 0.15) is 6.61 Å². The van der Waals surface area contributed by atoms with E-state index in [4.69, 9.17) is 9.47 Å². The molecule has 2 aromatic rings. The third-order valence-electron chi connectivity index (χ3n) is 5.50. The zero-order chi connectivity index (χ0) is 21.3. The monoisotopic (exact) mass is 411 g/mol. The molecule has 1 N–H and O–H groups in total. The summed E-state index contributed by atoms with van der Waals surface area (Å²) >= 11 is 0. The van der Waals surface area contributed by atoms with Crippen LogP contribution in [-0.2, 0) is 13.1 Å². The van der Waals surface area contributed by atoms with Gasteiger partial charge in [-0.25, -0.2) is 4.79 Å². The van der Waals surface area contributed by atoms with E-state index in [-0.39, 0.29) is 12.1 Å². The highest BCUT2D eigenvalue weighted by atomic mass is 16.6. The molecule has 0 bridgehead atoms. The Balaban J connectivity index is 1.56. The van der Waals surface area contributed by atoms with Crippen molar-refractivity contribution < 1.29 is 14.3 Å². The van der Waals surface area contributed by atoms with Crippen molar-refractivity contribution in [2.75, 3.05) is 32.8 Å². The van der Waals surface area contributed by atoms with Crippen LogP contribution in [0, 0.1) is 0 Å². The molecule has 30 heavy (non-hydrogen) atoms. The van der Waals surface area contributed by atoms with Gasteiger partial charge in [0, 0.05) is 19.6 Å². The first-order chi connectivity index (χ1) is 14.6. The second kappa shape index (κ2) is 10.9. The predicted molar refractivity (Wildman–Crippen MR) is 119 cm³/mol. The van der Waals surface area contributed by atoms with Gasteiger partial charge in [-0.2, -0.15) is 0 Å². The van der Waals surface area contributed by atoms with Crippen molar-refractivity contribution in [2.45, 2.75) is 40.0 Å². The van der Waals surface area contributed by atoms with Gasteiger partial charge in [-0.15, -0.1) is 0 Å². The van der Waals surface area contributed by atoms with Crippen LogP contribution in [0.1, 0.15) is 31.9 Å². The van der Waals surface area contributed by atoms with Crippen LogP contribution in [0.5, 0.6) is 11.5 Å². The Morgan fingerprint density at radius 3 is 2.33 bits per heavy atom. The van der Waals surface area contributed by atoms with Crippen molar-refractivity contribution >= 4 is 6.03 Å². The molecule has 0 aromatic heterocycles. The number of likely N-dealkylation sites (N-methyl/N-ethyl adjacent to an activating group) is 1. The van der Waals surface area contributed by atoms with Gasteiger partial charge in [-0.05, 0) is 43.3 Å². The van der Waals surface area contributed by atoms with Crippen LogP contribution in [-0.4, -0.2) is 54.7 Å². The number of urea groups is 1. The Labute approximate surface area is 179 Å². The van der Waals surface area contributed by atoms with E-state index in [0.717, 1.165) is 36.7 Å². The number of fused-ring (bicyclic) bond motifs is 1. The highest BCUT2D eigenvalue weighted by molar-refractivity contribution is 5.74. The molecule has 0 unspecified atom stereocenters. The Hall–Kier alpha value is -2.73. The molecular weight excluding hydrogens is 378 g/mol. The van der Waals surface area contributed by atoms with Gasteiger partial charge in [0.25, 0.3) is 0 Å². The van der Waals surface area contributed by atoms with Crippen LogP contribution >= 0.6 is 0 Å². The molecule has 0 saturated heterocycles. The second-order valence-corrected chi connectivity index (χ2v) is 7.43. The molecule has 1 aliphatic heterocycles. The molecule has 2 amide bonds. The summed E-state index contributed by atoms with van der Waals surface area (Å²) in [5, 5.41) is 3.08. The summed E-state index contributed by atoms with van der Waals surface area (Å²) in [5.41, 5.74) is 2.41. The van der Waals surface area contributed by atoms with Crippen molar-refractivity contribution in [3.05, 3.63) is 59.7 Å². The highest BCUT2D eigenvalue weighted by Gasteiger charge is 2.24. The molecule has 0 radical (unpaired) electrons. The van der Waals surface area contributed by atoms with Crippen LogP contribution in [0.4, 0.5) is 4.79 Å². The summed E-state index contributed by atoms with van der Waals surface area (Å²) in [6.07, 6.45) is -0.180. The zero-order valence-electron chi connectivity index (χ0n) is 18.3. The largest absolute Gasteiger partial charge is 0.486 e. The average Bonchev–Trinajstić information content (AvgIpc) is 2.79. The number of para-hydroxylation sites is 2. The number of nitrogens with zero attached hydrogens (tertiary/aromatic N) is 2. The van der Waals surface area contributed by atoms with Gasteiger partial charge in [-0.3, -0.25) is 4.90 Å². The Kier molecular flexibility index (Phi) is 7.97. The third kappa shape index (κ3) is 5.66. The molecule has 2 aromatic carbocycles. The molecule has 6 nitrogen and oxygen atoms in total. The smallest absolute Gasteiger partial charge is 0.317 e. The average molecular weight is 412 g/mol. The maximum Gasteiger partial charge on any atom is 0.317 e. The summed E-state index contributed by atoms with van der Waals surface area (Å²) < 4.78 is 11.8. The van der Waals surface area contributed by atoms with E-state index >= 15 is 0 Å². The maximum atomic E-state index is 12.8. The number of ether oxygens (including phenoxy) is 2. The minimum atomic E-state index is -0.180. The van der Waals surface area contributed by atoms with Crippen LogP contribution in [0.2, 0.25) is 0 Å². The molecule has 162 valence electrons. The maximum absolute atomic E-state index is 12.8. The SMILES string of the molecule is CCN(CC)Cc1ccccc1CNC(=O)N(CC)C[C@H]1COc2ccccc2O1. The summed E-state index contributed by atoms with van der Waals surface area (Å²) in [6, 6.07) is 15.9. The fourth-order valence-corrected chi connectivity index (χ4v) is 3.61.